The van der Waals surface area contributed by atoms with E-state index >= 15 is 0 Å². The van der Waals surface area contributed by atoms with Crippen molar-refractivity contribution in [2.45, 2.75) is 90.9 Å². The van der Waals surface area contributed by atoms with Crippen LogP contribution in [0.5, 0.6) is 0 Å². The highest BCUT2D eigenvalue weighted by Gasteiger charge is 2.29. The summed E-state index contributed by atoms with van der Waals surface area (Å²) in [7, 11) is 0. The number of alkyl halides is 1. The highest BCUT2D eigenvalue weighted by atomic mass is 35.5. The third-order valence-corrected chi connectivity index (χ3v) is 9.48. The third-order valence-electron chi connectivity index (χ3n) is 8.90. The maximum atomic E-state index is 6.48. The Morgan fingerprint density at radius 1 is 1.03 bits per heavy atom. The second kappa shape index (κ2) is 14.1. The fraction of sp³-hybridized carbons (Fsp3) is 0.543. The molecule has 4 rings (SSSR count). The van der Waals surface area contributed by atoms with Gasteiger partial charge in [-0.15, -0.1) is 11.6 Å². The van der Waals surface area contributed by atoms with Crippen molar-refractivity contribution in [2.75, 3.05) is 13.1 Å². The van der Waals surface area contributed by atoms with Gasteiger partial charge in [0.25, 0.3) is 0 Å². The Morgan fingerprint density at radius 3 is 2.41 bits per heavy atom. The van der Waals surface area contributed by atoms with Crippen molar-refractivity contribution in [1.82, 2.24) is 10.2 Å². The van der Waals surface area contributed by atoms with Crippen LogP contribution in [0.25, 0.3) is 5.57 Å². The molecule has 1 aliphatic heterocycles. The van der Waals surface area contributed by atoms with Gasteiger partial charge in [-0.1, -0.05) is 101 Å². The molecule has 0 saturated carbocycles. The molecule has 1 aromatic carbocycles. The Morgan fingerprint density at radius 2 is 1.79 bits per heavy atom. The zero-order valence-electron chi connectivity index (χ0n) is 24.7. The lowest BCUT2D eigenvalue weighted by molar-refractivity contribution is 0.229. The van der Waals surface area contributed by atoms with E-state index in [1.54, 1.807) is 0 Å². The first-order valence-electron chi connectivity index (χ1n) is 15.1. The van der Waals surface area contributed by atoms with Crippen molar-refractivity contribution in [3.05, 3.63) is 87.9 Å². The van der Waals surface area contributed by atoms with Crippen LogP contribution in [0.15, 0.2) is 76.8 Å². The summed E-state index contributed by atoms with van der Waals surface area (Å²) in [5.41, 5.74) is 6.44. The highest BCUT2D eigenvalue weighted by Crippen LogP contribution is 2.37. The quantitative estimate of drug-likeness (QED) is 0.239. The van der Waals surface area contributed by atoms with Crippen molar-refractivity contribution in [3.8, 4) is 0 Å². The summed E-state index contributed by atoms with van der Waals surface area (Å²) in [6, 6.07) is 9.40. The van der Waals surface area contributed by atoms with Crippen molar-refractivity contribution >= 4 is 28.8 Å². The van der Waals surface area contributed by atoms with Gasteiger partial charge >= 0.3 is 0 Å². The van der Waals surface area contributed by atoms with Gasteiger partial charge in [-0.25, -0.2) is 0 Å². The summed E-state index contributed by atoms with van der Waals surface area (Å²) in [5.74, 6) is 3.88. The van der Waals surface area contributed by atoms with Gasteiger partial charge in [0.15, 0.2) is 0 Å². The largest absolute Gasteiger partial charge is 0.354 e. The van der Waals surface area contributed by atoms with Gasteiger partial charge in [0.05, 0.1) is 5.38 Å². The van der Waals surface area contributed by atoms with E-state index in [1.165, 1.54) is 59.5 Å². The fourth-order valence-corrected chi connectivity index (χ4v) is 6.68. The summed E-state index contributed by atoms with van der Waals surface area (Å²) in [5, 5.41) is 4.74. The molecule has 0 spiro atoms. The minimum Gasteiger partial charge on any atom is -0.354 e. The van der Waals surface area contributed by atoms with E-state index in [-0.39, 0.29) is 5.38 Å². The van der Waals surface area contributed by atoms with Crippen LogP contribution in [0.3, 0.4) is 0 Å². The molecule has 3 aliphatic rings. The molecule has 0 bridgehead atoms. The highest BCUT2D eigenvalue weighted by molar-refractivity contribution is 6.30. The number of rotatable bonds is 13. The van der Waals surface area contributed by atoms with Gasteiger partial charge < -0.3 is 10.2 Å². The lowest BCUT2D eigenvalue weighted by atomic mass is 9.77. The summed E-state index contributed by atoms with van der Waals surface area (Å²) >= 11 is 12.9. The van der Waals surface area contributed by atoms with Crippen molar-refractivity contribution in [1.29, 1.82) is 0 Å². The molecule has 1 N–H and O–H groups in total. The van der Waals surface area contributed by atoms with E-state index in [1.807, 2.05) is 0 Å². The van der Waals surface area contributed by atoms with Gasteiger partial charge in [-0.05, 0) is 78.9 Å². The van der Waals surface area contributed by atoms with E-state index in [0.29, 0.717) is 11.8 Å². The molecule has 212 valence electrons. The molecule has 0 amide bonds. The predicted molar refractivity (Wildman–Crippen MR) is 171 cm³/mol. The van der Waals surface area contributed by atoms with Crippen LogP contribution in [-0.4, -0.2) is 23.4 Å². The smallest absolute Gasteiger partial charge is 0.103 e. The molecule has 4 heteroatoms. The molecule has 0 radical (unpaired) electrons. The molecule has 0 aromatic heterocycles. The average Bonchev–Trinajstić information content (AvgIpc) is 2.89. The van der Waals surface area contributed by atoms with Gasteiger partial charge in [0.1, 0.15) is 5.82 Å². The number of nitrogens with one attached hydrogen (secondary N) is 1. The number of nitrogens with zero attached hydrogens (tertiary/aromatic N) is 1. The van der Waals surface area contributed by atoms with Gasteiger partial charge in [-0.2, -0.15) is 0 Å². The maximum absolute atomic E-state index is 6.48. The lowest BCUT2D eigenvalue weighted by Gasteiger charge is -2.40. The van der Waals surface area contributed by atoms with Gasteiger partial charge in [0, 0.05) is 36.2 Å². The Bertz CT molecular complexity index is 1120. The molecular formula is C35H48Cl2N2. The van der Waals surface area contributed by atoms with Gasteiger partial charge in [-0.3, -0.25) is 0 Å². The molecule has 1 heterocycles. The van der Waals surface area contributed by atoms with Gasteiger partial charge in [0.2, 0.25) is 0 Å². The normalized spacial score (nSPS) is 21.7. The molecular weight excluding hydrogens is 519 g/mol. The molecule has 2 aliphatic carbocycles. The van der Waals surface area contributed by atoms with Crippen LogP contribution < -0.4 is 5.32 Å². The second-order valence-electron chi connectivity index (χ2n) is 12.3. The predicted octanol–water partition coefficient (Wildman–Crippen LogP) is 10.1. The fourth-order valence-electron chi connectivity index (χ4n) is 6.08. The second-order valence-corrected chi connectivity index (χ2v) is 13.3. The average molecular weight is 568 g/mol. The van der Waals surface area contributed by atoms with Crippen LogP contribution in [-0.2, 0) is 0 Å². The lowest BCUT2D eigenvalue weighted by Crippen LogP contribution is -2.43. The van der Waals surface area contributed by atoms with Crippen LogP contribution in [0.4, 0.5) is 0 Å². The van der Waals surface area contributed by atoms with Crippen LogP contribution in [0.1, 0.15) is 96.6 Å². The third kappa shape index (κ3) is 8.30. The van der Waals surface area contributed by atoms with Crippen molar-refractivity contribution < 1.29 is 0 Å². The first-order valence-corrected chi connectivity index (χ1v) is 16.0. The monoisotopic (exact) mass is 566 g/mol. The van der Waals surface area contributed by atoms with Crippen LogP contribution in [0.2, 0.25) is 0 Å². The topological polar surface area (TPSA) is 15.3 Å². The van der Waals surface area contributed by atoms with E-state index in [0.717, 1.165) is 49.2 Å². The van der Waals surface area contributed by atoms with Crippen LogP contribution >= 0.6 is 23.2 Å². The molecule has 39 heavy (non-hydrogen) atoms. The summed E-state index contributed by atoms with van der Waals surface area (Å²) < 4.78 is 0. The van der Waals surface area contributed by atoms with Crippen molar-refractivity contribution in [3.63, 3.8) is 0 Å². The Kier molecular flexibility index (Phi) is 10.9. The first-order chi connectivity index (χ1) is 18.7. The number of hydrogen-bond acceptors (Lipinski definition) is 2. The van der Waals surface area contributed by atoms with Crippen molar-refractivity contribution in [2.24, 2.45) is 17.8 Å². The number of halogens is 2. The summed E-state index contributed by atoms with van der Waals surface area (Å²) in [6.45, 7) is 13.7. The summed E-state index contributed by atoms with van der Waals surface area (Å²) in [4.78, 5) is 2.54. The summed E-state index contributed by atoms with van der Waals surface area (Å²) in [6.07, 6.45) is 19.1. The first kappa shape index (κ1) is 30.1. The molecule has 2 nitrogen and oxygen atoms in total. The number of hydrogen-bond donors (Lipinski definition) is 1. The molecule has 1 aromatic rings. The van der Waals surface area contributed by atoms with E-state index in [9.17, 15) is 0 Å². The minimum absolute atomic E-state index is 0.0683. The standard InChI is InChI=1S/C35H48Cl2N2/c1-6-8-28(12-11-26(5)24(2)3)34(29-15-13-27(14-16-29)30-9-7-10-31(36)21-30)23-39-18-17-35(39)38-33-20-25(4)19-32(37)22-33/h9,13-17,19-21,24,26,28,32,34,38H,6-8,10-12,18,22-23H2,1-5H3. The van der Waals surface area contributed by atoms with E-state index in [4.69, 9.17) is 23.2 Å². The SMILES string of the molecule is CCCC(CCC(C)C(C)C)C(CN1CC=C1NC1=CC(C)=CC(Cl)C1)c1ccc(C2=CCCC(Cl)=C2)cc1. The molecule has 0 saturated heterocycles. The van der Waals surface area contributed by atoms with Crippen LogP contribution in [0, 0.1) is 17.8 Å². The number of benzene rings is 1. The molecule has 4 unspecified atom stereocenters. The minimum atomic E-state index is 0.0683. The maximum Gasteiger partial charge on any atom is 0.103 e. The molecule has 0 fully saturated rings. The Labute approximate surface area is 247 Å². The van der Waals surface area contributed by atoms with E-state index in [2.05, 4.69) is 99.5 Å². The zero-order chi connectivity index (χ0) is 27.9. The Hall–Kier alpha value is -1.90. The molecule has 4 atom stereocenters. The Balaban J connectivity index is 1.54. The number of allylic oxidation sites excluding steroid dienone is 8. The zero-order valence-corrected chi connectivity index (χ0v) is 26.2. The van der Waals surface area contributed by atoms with E-state index < -0.39 is 0 Å².